The van der Waals surface area contributed by atoms with Crippen LogP contribution in [0.2, 0.25) is 0 Å². The van der Waals surface area contributed by atoms with E-state index in [2.05, 4.69) is 10.9 Å². The molecule has 0 spiro atoms. The maximum atomic E-state index is 12.3. The van der Waals surface area contributed by atoms with Crippen molar-refractivity contribution in [3.8, 4) is 11.5 Å². The Morgan fingerprint density at radius 2 is 1.77 bits per heavy atom. The number of hydrogen-bond acceptors (Lipinski definition) is 6. The average molecular weight is 436 g/mol. The minimum Gasteiger partial charge on any atom is -0.493 e. The molecule has 0 bridgehead atoms. The van der Waals surface area contributed by atoms with E-state index < -0.39 is 28.4 Å². The smallest absolute Gasteiger partial charge is 0.269 e. The van der Waals surface area contributed by atoms with Crippen LogP contribution in [0.1, 0.15) is 22.8 Å². The van der Waals surface area contributed by atoms with Gasteiger partial charge < -0.3 is 9.47 Å². The van der Waals surface area contributed by atoms with Gasteiger partial charge >= 0.3 is 0 Å². The molecule has 0 aliphatic rings. The Balaban J connectivity index is 2.07. The molecule has 30 heavy (non-hydrogen) atoms. The fraction of sp³-hybridized carbons (Fsp3) is 0.300. The SMILES string of the molecule is CCOc1ccc(C(=O)NNC(=O)CN(c2ccccc2C)S(C)(=O)=O)cc1OC. The molecule has 10 heteroatoms. The summed E-state index contributed by atoms with van der Waals surface area (Å²) >= 11 is 0. The first-order valence-electron chi connectivity index (χ1n) is 9.10. The Bertz CT molecular complexity index is 1020. The normalized spacial score (nSPS) is 10.8. The largest absolute Gasteiger partial charge is 0.493 e. The molecule has 2 aromatic rings. The van der Waals surface area contributed by atoms with E-state index >= 15 is 0 Å². The first-order valence-corrected chi connectivity index (χ1v) is 11.0. The second-order valence-corrected chi connectivity index (χ2v) is 8.26. The van der Waals surface area contributed by atoms with Crippen LogP contribution >= 0.6 is 0 Å². The van der Waals surface area contributed by atoms with Gasteiger partial charge in [0, 0.05) is 5.56 Å². The van der Waals surface area contributed by atoms with Gasteiger partial charge in [-0.1, -0.05) is 18.2 Å². The van der Waals surface area contributed by atoms with Crippen LogP contribution < -0.4 is 24.6 Å². The topological polar surface area (TPSA) is 114 Å². The van der Waals surface area contributed by atoms with E-state index in [0.29, 0.717) is 29.4 Å². The summed E-state index contributed by atoms with van der Waals surface area (Å²) in [7, 11) is -2.27. The highest BCUT2D eigenvalue weighted by Gasteiger charge is 2.22. The van der Waals surface area contributed by atoms with Gasteiger partial charge in [-0.25, -0.2) is 8.42 Å². The van der Waals surface area contributed by atoms with Crippen LogP contribution in [0.3, 0.4) is 0 Å². The minimum absolute atomic E-state index is 0.231. The predicted octanol–water partition coefficient (Wildman–Crippen LogP) is 1.63. The number of carbonyl (C=O) groups is 2. The molecule has 2 amide bonds. The highest BCUT2D eigenvalue weighted by molar-refractivity contribution is 7.92. The lowest BCUT2D eigenvalue weighted by atomic mass is 10.2. The van der Waals surface area contributed by atoms with Crippen LogP contribution in [0.5, 0.6) is 11.5 Å². The highest BCUT2D eigenvalue weighted by Crippen LogP contribution is 2.28. The van der Waals surface area contributed by atoms with Gasteiger partial charge in [-0.05, 0) is 43.7 Å². The number of ether oxygens (including phenoxy) is 2. The Morgan fingerprint density at radius 1 is 1.07 bits per heavy atom. The van der Waals surface area contributed by atoms with Gasteiger partial charge in [0.25, 0.3) is 11.8 Å². The number of aryl methyl sites for hydroxylation is 1. The first-order chi connectivity index (χ1) is 14.2. The first kappa shape index (κ1) is 23.0. The number of sulfonamides is 1. The summed E-state index contributed by atoms with van der Waals surface area (Å²) < 4.78 is 35.9. The highest BCUT2D eigenvalue weighted by atomic mass is 32.2. The van der Waals surface area contributed by atoms with Gasteiger partial charge in [-0.15, -0.1) is 0 Å². The molecule has 162 valence electrons. The summed E-state index contributed by atoms with van der Waals surface area (Å²) in [4.78, 5) is 24.6. The van der Waals surface area contributed by atoms with E-state index in [0.717, 1.165) is 10.6 Å². The molecule has 2 aromatic carbocycles. The van der Waals surface area contributed by atoms with Crippen molar-refractivity contribution in [2.75, 3.05) is 30.8 Å². The van der Waals surface area contributed by atoms with Crippen molar-refractivity contribution in [3.05, 3.63) is 53.6 Å². The number of carbonyl (C=O) groups excluding carboxylic acids is 2. The summed E-state index contributed by atoms with van der Waals surface area (Å²) in [6.07, 6.45) is 1.01. The predicted molar refractivity (Wildman–Crippen MR) is 113 cm³/mol. The molecule has 0 aromatic heterocycles. The van der Waals surface area contributed by atoms with E-state index in [1.165, 1.54) is 19.2 Å². The van der Waals surface area contributed by atoms with Crippen LogP contribution in [0.4, 0.5) is 5.69 Å². The Morgan fingerprint density at radius 3 is 2.37 bits per heavy atom. The van der Waals surface area contributed by atoms with Crippen LogP contribution in [-0.2, 0) is 14.8 Å². The molecular formula is C20H25N3O6S. The Labute approximate surface area is 176 Å². The van der Waals surface area contributed by atoms with E-state index in [1.807, 2.05) is 6.92 Å². The van der Waals surface area contributed by atoms with Crippen molar-refractivity contribution in [2.45, 2.75) is 13.8 Å². The number of rotatable bonds is 8. The molecule has 0 heterocycles. The van der Waals surface area contributed by atoms with Gasteiger partial charge in [0.05, 0.1) is 25.7 Å². The van der Waals surface area contributed by atoms with Crippen LogP contribution in [0, 0.1) is 6.92 Å². The number of nitrogens with zero attached hydrogens (tertiary/aromatic N) is 1. The number of methoxy groups -OCH3 is 1. The molecule has 0 unspecified atom stereocenters. The second-order valence-electron chi connectivity index (χ2n) is 6.36. The van der Waals surface area contributed by atoms with Crippen LogP contribution in [0.15, 0.2) is 42.5 Å². The van der Waals surface area contributed by atoms with Crippen molar-refractivity contribution in [1.29, 1.82) is 0 Å². The third-order valence-corrected chi connectivity index (χ3v) is 5.24. The van der Waals surface area contributed by atoms with Crippen molar-refractivity contribution < 1.29 is 27.5 Å². The molecule has 0 radical (unpaired) electrons. The van der Waals surface area contributed by atoms with E-state index in [9.17, 15) is 18.0 Å². The number of benzene rings is 2. The molecular weight excluding hydrogens is 410 g/mol. The van der Waals surface area contributed by atoms with Crippen molar-refractivity contribution >= 4 is 27.5 Å². The lowest BCUT2D eigenvalue weighted by molar-refractivity contribution is -0.120. The maximum Gasteiger partial charge on any atom is 0.269 e. The molecule has 2 rings (SSSR count). The van der Waals surface area contributed by atoms with Gasteiger partial charge in [0.1, 0.15) is 6.54 Å². The number of hydrazine groups is 1. The van der Waals surface area contributed by atoms with E-state index in [1.54, 1.807) is 37.3 Å². The van der Waals surface area contributed by atoms with Gasteiger partial charge in [0.2, 0.25) is 10.0 Å². The molecule has 0 saturated heterocycles. The zero-order valence-electron chi connectivity index (χ0n) is 17.3. The Kier molecular flexibility index (Phi) is 7.65. The second kappa shape index (κ2) is 9.97. The van der Waals surface area contributed by atoms with Gasteiger partial charge in [-0.3, -0.25) is 24.7 Å². The fourth-order valence-electron chi connectivity index (χ4n) is 2.68. The Hall–Kier alpha value is -3.27. The zero-order chi connectivity index (χ0) is 22.3. The maximum absolute atomic E-state index is 12.3. The number of nitrogens with one attached hydrogen (secondary N) is 2. The summed E-state index contributed by atoms with van der Waals surface area (Å²) in [6.45, 7) is 3.52. The molecule has 0 aliphatic heterocycles. The minimum atomic E-state index is -3.72. The van der Waals surface area contributed by atoms with E-state index in [-0.39, 0.29) is 5.56 Å². The summed E-state index contributed by atoms with van der Waals surface area (Å²) in [6, 6.07) is 11.4. The van der Waals surface area contributed by atoms with Crippen molar-refractivity contribution in [3.63, 3.8) is 0 Å². The van der Waals surface area contributed by atoms with E-state index in [4.69, 9.17) is 9.47 Å². The quantitative estimate of drug-likeness (QED) is 0.609. The molecule has 0 fully saturated rings. The summed E-state index contributed by atoms with van der Waals surface area (Å²) in [5.41, 5.74) is 5.81. The molecule has 0 aliphatic carbocycles. The standard InChI is InChI=1S/C20H25N3O6S/c1-5-29-17-11-10-15(12-18(17)28-3)20(25)22-21-19(24)13-23(30(4,26)27)16-9-7-6-8-14(16)2/h6-12H,5,13H2,1-4H3,(H,21,24)(H,22,25). The van der Waals surface area contributed by atoms with Crippen LogP contribution in [0.25, 0.3) is 0 Å². The monoisotopic (exact) mass is 435 g/mol. The number of anilines is 1. The third-order valence-electron chi connectivity index (χ3n) is 4.11. The van der Waals surface area contributed by atoms with Crippen molar-refractivity contribution in [1.82, 2.24) is 10.9 Å². The van der Waals surface area contributed by atoms with Crippen LogP contribution in [-0.4, -0.2) is 46.7 Å². The molecule has 2 N–H and O–H groups in total. The van der Waals surface area contributed by atoms with Crippen molar-refractivity contribution in [2.24, 2.45) is 0 Å². The lowest BCUT2D eigenvalue weighted by Crippen LogP contribution is -2.47. The number of para-hydroxylation sites is 1. The fourth-order valence-corrected chi connectivity index (χ4v) is 3.59. The summed E-state index contributed by atoms with van der Waals surface area (Å²) in [5.74, 6) is -0.428. The molecule has 0 saturated carbocycles. The third kappa shape index (κ3) is 5.86. The zero-order valence-corrected chi connectivity index (χ0v) is 18.1. The van der Waals surface area contributed by atoms with Gasteiger partial charge in [0.15, 0.2) is 11.5 Å². The summed E-state index contributed by atoms with van der Waals surface area (Å²) in [5, 5.41) is 0. The number of hydrogen-bond donors (Lipinski definition) is 2. The van der Waals surface area contributed by atoms with Gasteiger partial charge in [-0.2, -0.15) is 0 Å². The molecule has 9 nitrogen and oxygen atoms in total. The molecule has 0 atom stereocenters. The average Bonchev–Trinajstić information content (AvgIpc) is 2.70. The number of amides is 2. The lowest BCUT2D eigenvalue weighted by Gasteiger charge is -2.23.